The second kappa shape index (κ2) is 6.71. The zero-order valence-corrected chi connectivity index (χ0v) is 12.2. The molecular formula is C16H18N4O. The second-order valence-electron chi connectivity index (χ2n) is 5.01. The van der Waals surface area contributed by atoms with Gasteiger partial charge >= 0.3 is 0 Å². The highest BCUT2D eigenvalue weighted by Gasteiger charge is 2.15. The van der Waals surface area contributed by atoms with E-state index in [1.165, 1.54) is 0 Å². The molecule has 1 aromatic heterocycles. The Kier molecular flexibility index (Phi) is 4.72. The van der Waals surface area contributed by atoms with Gasteiger partial charge in [-0.15, -0.1) is 0 Å². The molecule has 0 aliphatic carbocycles. The summed E-state index contributed by atoms with van der Waals surface area (Å²) in [5, 5.41) is 16.1. The summed E-state index contributed by atoms with van der Waals surface area (Å²) >= 11 is 0. The zero-order chi connectivity index (χ0) is 15.2. The highest BCUT2D eigenvalue weighted by molar-refractivity contribution is 5.77. The normalized spacial score (nSPS) is 11.7. The van der Waals surface area contributed by atoms with Crippen LogP contribution in [-0.2, 0) is 18.3 Å². The molecule has 5 nitrogen and oxygen atoms in total. The number of carbonyl (C=O) groups is 1. The van der Waals surface area contributed by atoms with Crippen LogP contribution in [0.3, 0.4) is 0 Å². The minimum absolute atomic E-state index is 0.131. The Morgan fingerprint density at radius 3 is 2.86 bits per heavy atom. The minimum Gasteiger partial charge on any atom is -0.337 e. The van der Waals surface area contributed by atoms with E-state index in [1.807, 2.05) is 44.4 Å². The number of nitrogens with one attached hydrogen (secondary N) is 1. The summed E-state index contributed by atoms with van der Waals surface area (Å²) < 4.78 is 1.71. The number of benzene rings is 1. The summed E-state index contributed by atoms with van der Waals surface area (Å²) in [6, 6.07) is 9.12. The maximum Gasteiger partial charge on any atom is 0.221 e. The first kappa shape index (κ1) is 14.8. The van der Waals surface area contributed by atoms with Crippen molar-refractivity contribution < 1.29 is 4.79 Å². The summed E-state index contributed by atoms with van der Waals surface area (Å²) in [6.07, 6.45) is 4.59. The van der Waals surface area contributed by atoms with E-state index in [0.29, 0.717) is 12.8 Å². The van der Waals surface area contributed by atoms with E-state index in [4.69, 9.17) is 0 Å². The van der Waals surface area contributed by atoms with Crippen LogP contribution in [0.1, 0.15) is 29.2 Å². The van der Waals surface area contributed by atoms with Gasteiger partial charge in [0.15, 0.2) is 0 Å². The highest BCUT2D eigenvalue weighted by Crippen LogP contribution is 2.16. The molecule has 0 aliphatic rings. The fourth-order valence-electron chi connectivity index (χ4n) is 2.18. The van der Waals surface area contributed by atoms with Crippen LogP contribution in [0.4, 0.5) is 0 Å². The molecule has 1 amide bonds. The molecule has 0 radical (unpaired) electrons. The first-order valence-electron chi connectivity index (χ1n) is 6.82. The van der Waals surface area contributed by atoms with Gasteiger partial charge in [0.05, 0.1) is 12.3 Å². The van der Waals surface area contributed by atoms with Crippen LogP contribution in [0.5, 0.6) is 0 Å². The van der Waals surface area contributed by atoms with Gasteiger partial charge in [-0.1, -0.05) is 24.3 Å². The number of hydrogen-bond donors (Lipinski definition) is 1. The van der Waals surface area contributed by atoms with Gasteiger partial charge in [0.1, 0.15) is 6.04 Å². The molecule has 1 N–H and O–H groups in total. The number of amides is 1. The maximum atomic E-state index is 12.0. The maximum absolute atomic E-state index is 12.0. The van der Waals surface area contributed by atoms with E-state index >= 15 is 0 Å². The van der Waals surface area contributed by atoms with Crippen molar-refractivity contribution in [3.8, 4) is 6.07 Å². The number of rotatable bonds is 5. The number of hydrogen-bond acceptors (Lipinski definition) is 3. The average molecular weight is 282 g/mol. The van der Waals surface area contributed by atoms with Crippen LogP contribution >= 0.6 is 0 Å². The van der Waals surface area contributed by atoms with E-state index in [-0.39, 0.29) is 5.91 Å². The van der Waals surface area contributed by atoms with Crippen molar-refractivity contribution in [1.82, 2.24) is 15.1 Å². The first-order valence-corrected chi connectivity index (χ1v) is 6.82. The molecule has 0 spiro atoms. The summed E-state index contributed by atoms with van der Waals surface area (Å²) in [6.45, 7) is 1.93. The van der Waals surface area contributed by atoms with Crippen molar-refractivity contribution in [1.29, 1.82) is 5.26 Å². The summed E-state index contributed by atoms with van der Waals surface area (Å²) in [5.41, 5.74) is 2.85. The van der Waals surface area contributed by atoms with Crippen molar-refractivity contribution >= 4 is 5.91 Å². The topological polar surface area (TPSA) is 70.7 Å². The molecule has 0 saturated carbocycles. The number of aromatic nitrogens is 2. The monoisotopic (exact) mass is 282 g/mol. The molecule has 21 heavy (non-hydrogen) atoms. The highest BCUT2D eigenvalue weighted by atomic mass is 16.1. The van der Waals surface area contributed by atoms with Gasteiger partial charge in [0, 0.05) is 19.7 Å². The number of nitriles is 1. The van der Waals surface area contributed by atoms with Crippen LogP contribution in [0, 0.1) is 18.3 Å². The molecule has 0 aliphatic heterocycles. The Bertz CT molecular complexity index is 669. The third kappa shape index (κ3) is 3.93. The molecule has 1 atom stereocenters. The third-order valence-electron chi connectivity index (χ3n) is 3.33. The zero-order valence-electron chi connectivity index (χ0n) is 12.2. The molecule has 0 saturated heterocycles. The van der Waals surface area contributed by atoms with Crippen LogP contribution in [-0.4, -0.2) is 15.7 Å². The van der Waals surface area contributed by atoms with Gasteiger partial charge in [-0.3, -0.25) is 9.48 Å². The van der Waals surface area contributed by atoms with Crippen molar-refractivity contribution in [2.45, 2.75) is 25.8 Å². The largest absolute Gasteiger partial charge is 0.337 e. The molecule has 1 heterocycles. The van der Waals surface area contributed by atoms with Gasteiger partial charge in [0.25, 0.3) is 0 Å². The summed E-state index contributed by atoms with van der Waals surface area (Å²) in [5.74, 6) is -0.131. The molecule has 1 aromatic carbocycles. The van der Waals surface area contributed by atoms with Crippen LogP contribution in [0.25, 0.3) is 0 Å². The van der Waals surface area contributed by atoms with Crippen molar-refractivity contribution in [2.75, 3.05) is 0 Å². The minimum atomic E-state index is -0.604. The average Bonchev–Trinajstić information content (AvgIpc) is 2.89. The molecule has 5 heteroatoms. The fraction of sp³-hybridized carbons (Fsp3) is 0.312. The number of aryl methyl sites for hydroxylation is 3. The van der Waals surface area contributed by atoms with E-state index in [1.54, 1.807) is 10.9 Å². The lowest BCUT2D eigenvalue weighted by molar-refractivity contribution is -0.121. The third-order valence-corrected chi connectivity index (χ3v) is 3.33. The predicted octanol–water partition coefficient (Wildman–Crippen LogP) is 2.04. The fourth-order valence-corrected chi connectivity index (χ4v) is 2.18. The molecule has 0 fully saturated rings. The van der Waals surface area contributed by atoms with Gasteiger partial charge < -0.3 is 5.32 Å². The molecule has 108 valence electrons. The van der Waals surface area contributed by atoms with Gasteiger partial charge in [-0.2, -0.15) is 10.4 Å². The summed E-state index contributed by atoms with van der Waals surface area (Å²) in [7, 11) is 1.84. The SMILES string of the molecule is Cc1ccccc1[C@@H](C#N)NC(=O)CCc1cnn(C)c1. The Morgan fingerprint density at radius 2 is 2.24 bits per heavy atom. The number of carbonyl (C=O) groups excluding carboxylic acids is 1. The molecular weight excluding hydrogens is 264 g/mol. The van der Waals surface area contributed by atoms with Crippen molar-refractivity contribution in [3.05, 3.63) is 53.3 Å². The predicted molar refractivity (Wildman–Crippen MR) is 79.2 cm³/mol. The smallest absolute Gasteiger partial charge is 0.221 e. The van der Waals surface area contributed by atoms with Crippen molar-refractivity contribution in [3.63, 3.8) is 0 Å². The van der Waals surface area contributed by atoms with Gasteiger partial charge in [-0.25, -0.2) is 0 Å². The lowest BCUT2D eigenvalue weighted by Gasteiger charge is -2.14. The van der Waals surface area contributed by atoms with E-state index in [0.717, 1.165) is 16.7 Å². The van der Waals surface area contributed by atoms with Crippen molar-refractivity contribution in [2.24, 2.45) is 7.05 Å². The Balaban J connectivity index is 1.94. The Labute approximate surface area is 124 Å². The van der Waals surface area contributed by atoms with E-state index in [2.05, 4.69) is 16.5 Å². The van der Waals surface area contributed by atoms with Crippen LogP contribution < -0.4 is 5.32 Å². The molecule has 0 unspecified atom stereocenters. The second-order valence-corrected chi connectivity index (χ2v) is 5.01. The lowest BCUT2D eigenvalue weighted by Crippen LogP contribution is -2.28. The molecule has 0 bridgehead atoms. The van der Waals surface area contributed by atoms with Crippen LogP contribution in [0.15, 0.2) is 36.7 Å². The van der Waals surface area contributed by atoms with E-state index in [9.17, 15) is 10.1 Å². The molecule has 2 rings (SSSR count). The number of nitrogens with zero attached hydrogens (tertiary/aromatic N) is 3. The molecule has 2 aromatic rings. The van der Waals surface area contributed by atoms with Gasteiger partial charge in [0.2, 0.25) is 5.91 Å². The lowest BCUT2D eigenvalue weighted by atomic mass is 10.0. The first-order chi connectivity index (χ1) is 10.1. The Morgan fingerprint density at radius 1 is 1.48 bits per heavy atom. The van der Waals surface area contributed by atoms with Crippen LogP contribution in [0.2, 0.25) is 0 Å². The quantitative estimate of drug-likeness (QED) is 0.912. The van der Waals surface area contributed by atoms with Gasteiger partial charge in [-0.05, 0) is 30.0 Å². The summed E-state index contributed by atoms with van der Waals surface area (Å²) in [4.78, 5) is 12.0. The van der Waals surface area contributed by atoms with E-state index < -0.39 is 6.04 Å². The standard InChI is InChI=1S/C16H18N4O/c1-12-5-3-4-6-14(12)15(9-17)19-16(21)8-7-13-10-18-20(2)11-13/h3-6,10-11,15H,7-8H2,1-2H3,(H,19,21)/t15-/m1/s1. The Hall–Kier alpha value is -2.61.